The monoisotopic (exact) mass is 441 g/mol. The molecule has 0 aliphatic carbocycles. The molecule has 1 N–H and O–H groups in total. The molecule has 0 saturated carbocycles. The van der Waals surface area contributed by atoms with Crippen molar-refractivity contribution in [2.75, 3.05) is 20.6 Å². The van der Waals surface area contributed by atoms with Crippen LogP contribution in [0.15, 0.2) is 59.6 Å². The maximum absolute atomic E-state index is 12.6. The van der Waals surface area contributed by atoms with Crippen molar-refractivity contribution in [3.05, 3.63) is 65.9 Å². The molecule has 3 rings (SSSR count). The molecule has 1 atom stereocenters. The molecule has 0 aliphatic heterocycles. The first-order valence-electron chi connectivity index (χ1n) is 10.4. The zero-order chi connectivity index (χ0) is 22.8. The van der Waals surface area contributed by atoms with Crippen LogP contribution in [-0.4, -0.2) is 49.7 Å². The Kier molecular flexibility index (Phi) is 6.86. The van der Waals surface area contributed by atoms with Crippen LogP contribution >= 0.6 is 0 Å². The Labute approximate surface area is 184 Å². The second-order valence-corrected chi connectivity index (χ2v) is 10.9. The molecule has 1 aromatic heterocycles. The minimum absolute atomic E-state index is 0.0358. The zero-order valence-corrected chi connectivity index (χ0v) is 19.6. The maximum atomic E-state index is 12.6. The topological polar surface area (TPSA) is 71.4 Å². The first-order chi connectivity index (χ1) is 14.6. The number of carbonyl (C=O) groups excluding carboxylic acids is 1. The summed E-state index contributed by atoms with van der Waals surface area (Å²) in [5, 5.41) is 3.75. The normalized spacial score (nSPS) is 13.1. The predicted octanol–water partition coefficient (Wildman–Crippen LogP) is 3.32. The fraction of sp³-hybridized carbons (Fsp3) is 0.375. The first-order valence-corrected chi connectivity index (χ1v) is 12.0. The number of nitrogens with one attached hydrogen (secondary N) is 1. The number of aromatic nitrogens is 1. The van der Waals surface area contributed by atoms with E-state index in [0.717, 1.165) is 11.1 Å². The number of para-hydroxylation sites is 1. The molecule has 0 aliphatic rings. The Morgan fingerprint density at radius 1 is 1.06 bits per heavy atom. The average Bonchev–Trinajstić information content (AvgIpc) is 3.05. The van der Waals surface area contributed by atoms with Crippen LogP contribution in [0.2, 0.25) is 0 Å². The lowest BCUT2D eigenvalue weighted by Gasteiger charge is -2.24. The summed E-state index contributed by atoms with van der Waals surface area (Å²) in [6, 6.07) is 14.9. The van der Waals surface area contributed by atoms with Gasteiger partial charge in [-0.1, -0.05) is 30.3 Å². The number of hydrogen-bond donors (Lipinski definition) is 1. The molecule has 166 valence electrons. The molecule has 0 spiro atoms. The maximum Gasteiger partial charge on any atom is 0.224 e. The second kappa shape index (κ2) is 9.24. The third kappa shape index (κ3) is 4.99. The summed E-state index contributed by atoms with van der Waals surface area (Å²) in [7, 11) is 2.73. The summed E-state index contributed by atoms with van der Waals surface area (Å²) in [6.45, 7) is 3.81. The number of aryl methyl sites for hydroxylation is 1. The fourth-order valence-corrected chi connectivity index (χ4v) is 4.80. The van der Waals surface area contributed by atoms with Gasteiger partial charge in [0.2, 0.25) is 5.91 Å². The standard InChI is InChI=1S/C24H31N3O3S/c1-17(2)31(29,30)19-12-10-18(11-13-19)14-24(28)25-15-23(26(3)4)21-16-27(5)22-9-7-6-8-20(21)22/h6-13,16-17,23H,14-15H2,1-5H3,(H,25,28). The van der Waals surface area contributed by atoms with Crippen molar-refractivity contribution in [1.29, 1.82) is 0 Å². The number of hydrogen-bond acceptors (Lipinski definition) is 4. The lowest BCUT2D eigenvalue weighted by Crippen LogP contribution is -2.35. The minimum atomic E-state index is -3.31. The summed E-state index contributed by atoms with van der Waals surface area (Å²) >= 11 is 0. The van der Waals surface area contributed by atoms with Crippen molar-refractivity contribution < 1.29 is 13.2 Å². The van der Waals surface area contributed by atoms with E-state index < -0.39 is 15.1 Å². The number of fused-ring (bicyclic) bond motifs is 1. The second-order valence-electron chi connectivity index (χ2n) is 8.41. The van der Waals surface area contributed by atoms with Crippen LogP contribution in [0.1, 0.15) is 31.0 Å². The average molecular weight is 442 g/mol. The third-order valence-corrected chi connectivity index (χ3v) is 7.81. The summed E-state index contributed by atoms with van der Waals surface area (Å²) in [6.07, 6.45) is 2.33. The Morgan fingerprint density at radius 3 is 2.32 bits per heavy atom. The van der Waals surface area contributed by atoms with Crippen molar-refractivity contribution in [1.82, 2.24) is 14.8 Å². The van der Waals surface area contributed by atoms with E-state index in [2.05, 4.69) is 33.1 Å². The summed E-state index contributed by atoms with van der Waals surface area (Å²) in [4.78, 5) is 15.0. The van der Waals surface area contributed by atoms with Gasteiger partial charge in [0.05, 0.1) is 22.6 Å². The summed E-state index contributed by atoms with van der Waals surface area (Å²) in [5.74, 6) is -0.0912. The van der Waals surface area contributed by atoms with Crippen molar-refractivity contribution in [3.8, 4) is 0 Å². The molecule has 1 heterocycles. The van der Waals surface area contributed by atoms with Gasteiger partial charge in [-0.25, -0.2) is 8.42 Å². The molecule has 31 heavy (non-hydrogen) atoms. The number of likely N-dealkylation sites (N-methyl/N-ethyl adjacent to an activating group) is 1. The van der Waals surface area contributed by atoms with Crippen LogP contribution < -0.4 is 5.32 Å². The number of rotatable bonds is 8. The van der Waals surface area contributed by atoms with E-state index in [4.69, 9.17) is 0 Å². The number of nitrogens with zero attached hydrogens (tertiary/aromatic N) is 2. The Balaban J connectivity index is 1.68. The van der Waals surface area contributed by atoms with E-state index in [1.165, 1.54) is 10.9 Å². The van der Waals surface area contributed by atoms with Crippen LogP contribution in [0.5, 0.6) is 0 Å². The predicted molar refractivity (Wildman–Crippen MR) is 125 cm³/mol. The van der Waals surface area contributed by atoms with E-state index in [9.17, 15) is 13.2 Å². The fourth-order valence-electron chi connectivity index (χ4n) is 3.74. The summed E-state index contributed by atoms with van der Waals surface area (Å²) in [5.41, 5.74) is 3.12. The van der Waals surface area contributed by atoms with Crippen LogP contribution in [0, 0.1) is 0 Å². The highest BCUT2D eigenvalue weighted by Crippen LogP contribution is 2.28. The smallest absolute Gasteiger partial charge is 0.224 e. The molecule has 7 heteroatoms. The molecule has 0 fully saturated rings. The molecular formula is C24H31N3O3S. The highest BCUT2D eigenvalue weighted by molar-refractivity contribution is 7.92. The zero-order valence-electron chi connectivity index (χ0n) is 18.8. The van der Waals surface area contributed by atoms with E-state index in [-0.39, 0.29) is 23.3 Å². The van der Waals surface area contributed by atoms with Gasteiger partial charge in [-0.05, 0) is 57.3 Å². The molecule has 1 amide bonds. The van der Waals surface area contributed by atoms with Crippen LogP contribution in [-0.2, 0) is 28.1 Å². The van der Waals surface area contributed by atoms with Crippen molar-refractivity contribution in [3.63, 3.8) is 0 Å². The number of sulfone groups is 1. The highest BCUT2D eigenvalue weighted by Gasteiger charge is 2.21. The molecular weight excluding hydrogens is 410 g/mol. The molecule has 6 nitrogen and oxygen atoms in total. The molecule has 3 aromatic rings. The number of benzene rings is 2. The Morgan fingerprint density at radius 2 is 1.71 bits per heavy atom. The number of carbonyl (C=O) groups is 1. The highest BCUT2D eigenvalue weighted by atomic mass is 32.2. The van der Waals surface area contributed by atoms with E-state index in [1.807, 2.05) is 33.3 Å². The van der Waals surface area contributed by atoms with E-state index in [0.29, 0.717) is 6.54 Å². The van der Waals surface area contributed by atoms with E-state index >= 15 is 0 Å². The van der Waals surface area contributed by atoms with Gasteiger partial charge >= 0.3 is 0 Å². The lowest BCUT2D eigenvalue weighted by molar-refractivity contribution is -0.120. The van der Waals surface area contributed by atoms with Gasteiger partial charge in [0.15, 0.2) is 9.84 Å². The molecule has 0 radical (unpaired) electrons. The van der Waals surface area contributed by atoms with Gasteiger partial charge in [0.25, 0.3) is 0 Å². The van der Waals surface area contributed by atoms with Crippen LogP contribution in [0.3, 0.4) is 0 Å². The van der Waals surface area contributed by atoms with Gasteiger partial charge in [0.1, 0.15) is 0 Å². The lowest BCUT2D eigenvalue weighted by atomic mass is 10.0. The minimum Gasteiger partial charge on any atom is -0.354 e. The quantitative estimate of drug-likeness (QED) is 0.582. The van der Waals surface area contributed by atoms with Gasteiger partial charge in [-0.15, -0.1) is 0 Å². The van der Waals surface area contributed by atoms with Crippen LogP contribution in [0.4, 0.5) is 0 Å². The number of amides is 1. The van der Waals surface area contributed by atoms with Gasteiger partial charge in [-0.3, -0.25) is 4.79 Å². The Hall–Kier alpha value is -2.64. The SMILES string of the molecule is CC(C)S(=O)(=O)c1ccc(CC(=O)NCC(c2cn(C)c3ccccc23)N(C)C)cc1. The van der Waals surface area contributed by atoms with Crippen molar-refractivity contribution in [2.45, 2.75) is 36.5 Å². The van der Waals surface area contributed by atoms with Gasteiger partial charge in [0, 0.05) is 30.7 Å². The molecule has 0 bridgehead atoms. The van der Waals surface area contributed by atoms with Crippen molar-refractivity contribution >= 4 is 26.6 Å². The first kappa shape index (κ1) is 23.0. The molecule has 1 unspecified atom stereocenters. The molecule has 2 aromatic carbocycles. The van der Waals surface area contributed by atoms with Gasteiger partial charge < -0.3 is 14.8 Å². The summed E-state index contributed by atoms with van der Waals surface area (Å²) < 4.78 is 26.6. The van der Waals surface area contributed by atoms with Gasteiger partial charge in [-0.2, -0.15) is 0 Å². The van der Waals surface area contributed by atoms with Crippen LogP contribution in [0.25, 0.3) is 10.9 Å². The Bertz CT molecular complexity index is 1160. The van der Waals surface area contributed by atoms with Crippen molar-refractivity contribution in [2.24, 2.45) is 7.05 Å². The largest absolute Gasteiger partial charge is 0.354 e. The van der Waals surface area contributed by atoms with E-state index in [1.54, 1.807) is 38.1 Å². The third-order valence-electron chi connectivity index (χ3n) is 5.64. The molecule has 0 saturated heterocycles.